The van der Waals surface area contributed by atoms with Crippen LogP contribution in [-0.4, -0.2) is 19.5 Å². The largest absolute Gasteiger partial charge is 0.456 e. The number of fused-ring (bicyclic) bond motifs is 9. The number of rotatable bonds is 5. The quantitative estimate of drug-likeness (QED) is 0.176. The van der Waals surface area contributed by atoms with Crippen LogP contribution >= 0.6 is 0 Å². The van der Waals surface area contributed by atoms with E-state index in [4.69, 9.17) is 19.4 Å². The van der Waals surface area contributed by atoms with Gasteiger partial charge in [-0.05, 0) is 63.7 Å². The molecular weight excluding hydrogens is 709 g/mol. The van der Waals surface area contributed by atoms with Crippen molar-refractivity contribution in [3.8, 4) is 51.0 Å². The second kappa shape index (κ2) is 12.8. The van der Waals surface area contributed by atoms with E-state index in [1.165, 1.54) is 32.4 Å². The van der Waals surface area contributed by atoms with Gasteiger partial charge in [0.25, 0.3) is 0 Å². The molecule has 0 aliphatic heterocycles. The van der Waals surface area contributed by atoms with Crippen LogP contribution in [0.2, 0.25) is 0 Å². The summed E-state index contributed by atoms with van der Waals surface area (Å²) in [6, 6.07) is 68.0. The van der Waals surface area contributed by atoms with Crippen molar-refractivity contribution < 1.29 is 4.42 Å². The lowest BCUT2D eigenvalue weighted by Gasteiger charge is -2.11. The summed E-state index contributed by atoms with van der Waals surface area (Å²) in [6.07, 6.45) is 0. The Hall–Kier alpha value is -7.89. The van der Waals surface area contributed by atoms with Crippen LogP contribution in [0.15, 0.2) is 199 Å². The molecule has 3 heterocycles. The molecule has 12 rings (SSSR count). The molecule has 0 aliphatic carbocycles. The highest BCUT2D eigenvalue weighted by molar-refractivity contribution is 6.19. The van der Waals surface area contributed by atoms with Crippen molar-refractivity contribution >= 4 is 65.3 Å². The summed E-state index contributed by atoms with van der Waals surface area (Å²) in [5, 5.41) is 9.12. The first kappa shape index (κ1) is 32.4. The minimum Gasteiger partial charge on any atom is -0.456 e. The van der Waals surface area contributed by atoms with Crippen molar-refractivity contribution in [3.63, 3.8) is 0 Å². The van der Waals surface area contributed by atoms with Crippen LogP contribution in [0, 0.1) is 0 Å². The summed E-state index contributed by atoms with van der Waals surface area (Å²) < 4.78 is 8.98. The van der Waals surface area contributed by atoms with Crippen LogP contribution in [0.25, 0.3) is 116 Å². The molecule has 12 aromatic rings. The van der Waals surface area contributed by atoms with E-state index in [9.17, 15) is 0 Å². The zero-order valence-corrected chi connectivity index (χ0v) is 31.2. The third kappa shape index (κ3) is 5.14. The molecule has 0 bridgehead atoms. The standard InChI is InChI=1S/C53H32N4O/c1-2-11-33(12-3-1)35-21-24-37(25-22-35)51-54-52(39-26-23-34-13-4-5-15-38(34)31-39)56-53(55-51)44-18-10-20-48-49(44)45-32-40(28-30-47(45)58-48)57-46-19-9-8-17-42(46)43-29-27-36-14-6-7-16-41(36)50(43)57/h1-32H. The average molecular weight is 741 g/mol. The van der Waals surface area contributed by atoms with Gasteiger partial charge in [0.2, 0.25) is 0 Å². The van der Waals surface area contributed by atoms with Gasteiger partial charge in [0.05, 0.1) is 11.0 Å². The first-order valence-electron chi connectivity index (χ1n) is 19.5. The highest BCUT2D eigenvalue weighted by atomic mass is 16.3. The molecule has 0 aliphatic rings. The van der Waals surface area contributed by atoms with Crippen LogP contribution in [0.1, 0.15) is 0 Å². The van der Waals surface area contributed by atoms with Crippen LogP contribution in [0.4, 0.5) is 0 Å². The summed E-state index contributed by atoms with van der Waals surface area (Å²) in [7, 11) is 0. The number of para-hydroxylation sites is 1. The Bertz CT molecular complexity index is 3560. The zero-order valence-electron chi connectivity index (χ0n) is 31.2. The first-order chi connectivity index (χ1) is 28.7. The molecule has 58 heavy (non-hydrogen) atoms. The van der Waals surface area contributed by atoms with E-state index in [1.807, 2.05) is 18.2 Å². The molecule has 9 aromatic carbocycles. The van der Waals surface area contributed by atoms with Gasteiger partial charge in [-0.15, -0.1) is 0 Å². The molecule has 0 saturated carbocycles. The van der Waals surface area contributed by atoms with Crippen molar-refractivity contribution in [2.24, 2.45) is 0 Å². The Labute approximate surface area is 333 Å². The minimum absolute atomic E-state index is 0.585. The zero-order chi connectivity index (χ0) is 38.2. The average Bonchev–Trinajstić information content (AvgIpc) is 3.85. The minimum atomic E-state index is 0.585. The lowest BCUT2D eigenvalue weighted by atomic mass is 10.0. The topological polar surface area (TPSA) is 56.7 Å². The SMILES string of the molecule is c1ccc(-c2ccc(-c3nc(-c4ccc5ccccc5c4)nc(-c4cccc5oc6ccc(-n7c8ccccc8c8ccc9ccccc9c87)cc6c45)n3)cc2)cc1. The van der Waals surface area contributed by atoms with Gasteiger partial charge >= 0.3 is 0 Å². The molecule has 0 fully saturated rings. The van der Waals surface area contributed by atoms with Crippen LogP contribution in [0.3, 0.4) is 0 Å². The van der Waals surface area contributed by atoms with Gasteiger partial charge < -0.3 is 8.98 Å². The van der Waals surface area contributed by atoms with Gasteiger partial charge in [0.15, 0.2) is 17.5 Å². The molecule has 0 atom stereocenters. The van der Waals surface area contributed by atoms with Crippen LogP contribution in [0.5, 0.6) is 0 Å². The van der Waals surface area contributed by atoms with Crippen molar-refractivity contribution in [1.29, 1.82) is 0 Å². The third-order valence-corrected chi connectivity index (χ3v) is 11.4. The van der Waals surface area contributed by atoms with E-state index >= 15 is 0 Å². The summed E-state index contributed by atoms with van der Waals surface area (Å²) in [5.74, 6) is 1.80. The Morgan fingerprint density at radius 3 is 1.88 bits per heavy atom. The number of hydrogen-bond acceptors (Lipinski definition) is 4. The van der Waals surface area contributed by atoms with Crippen LogP contribution < -0.4 is 0 Å². The van der Waals surface area contributed by atoms with Crippen molar-refractivity contribution in [2.75, 3.05) is 0 Å². The Morgan fingerprint density at radius 2 is 1.02 bits per heavy atom. The Balaban J connectivity index is 1.08. The second-order valence-corrected chi connectivity index (χ2v) is 14.8. The van der Waals surface area contributed by atoms with E-state index in [1.54, 1.807) is 0 Å². The maximum Gasteiger partial charge on any atom is 0.164 e. The molecular formula is C53H32N4O. The predicted molar refractivity (Wildman–Crippen MR) is 238 cm³/mol. The van der Waals surface area contributed by atoms with Gasteiger partial charge in [-0.1, -0.05) is 158 Å². The Morgan fingerprint density at radius 1 is 0.362 bits per heavy atom. The molecule has 3 aromatic heterocycles. The van der Waals surface area contributed by atoms with Gasteiger partial charge in [-0.25, -0.2) is 15.0 Å². The first-order valence-corrected chi connectivity index (χ1v) is 19.5. The normalized spacial score (nSPS) is 11.8. The van der Waals surface area contributed by atoms with Gasteiger partial charge in [0.1, 0.15) is 11.2 Å². The number of nitrogens with zero attached hydrogens (tertiary/aromatic N) is 4. The van der Waals surface area contributed by atoms with E-state index in [0.717, 1.165) is 66.3 Å². The van der Waals surface area contributed by atoms with E-state index in [0.29, 0.717) is 17.5 Å². The summed E-state index contributed by atoms with van der Waals surface area (Å²) in [6.45, 7) is 0. The molecule has 5 nitrogen and oxygen atoms in total. The van der Waals surface area contributed by atoms with Gasteiger partial charge in [-0.3, -0.25) is 0 Å². The van der Waals surface area contributed by atoms with Crippen LogP contribution in [-0.2, 0) is 0 Å². The smallest absolute Gasteiger partial charge is 0.164 e. The van der Waals surface area contributed by atoms with Crippen molar-refractivity contribution in [2.45, 2.75) is 0 Å². The Kier molecular flexibility index (Phi) is 7.16. The third-order valence-electron chi connectivity index (χ3n) is 11.4. The molecule has 270 valence electrons. The maximum absolute atomic E-state index is 6.58. The summed E-state index contributed by atoms with van der Waals surface area (Å²) in [5.41, 5.74) is 9.99. The molecule has 0 spiro atoms. The molecule has 0 N–H and O–H groups in total. The van der Waals surface area contributed by atoms with Gasteiger partial charge in [0, 0.05) is 49.3 Å². The molecule has 0 saturated heterocycles. The highest BCUT2D eigenvalue weighted by Gasteiger charge is 2.20. The number of hydrogen-bond donors (Lipinski definition) is 0. The van der Waals surface area contributed by atoms with E-state index < -0.39 is 0 Å². The molecule has 0 amide bonds. The number of aromatic nitrogens is 4. The monoisotopic (exact) mass is 740 g/mol. The van der Waals surface area contributed by atoms with E-state index in [2.05, 4.69) is 180 Å². The fraction of sp³-hybridized carbons (Fsp3) is 0. The van der Waals surface area contributed by atoms with Crippen molar-refractivity contribution in [3.05, 3.63) is 194 Å². The molecule has 0 radical (unpaired) electrons. The fourth-order valence-corrected chi connectivity index (χ4v) is 8.66. The summed E-state index contributed by atoms with van der Waals surface area (Å²) in [4.78, 5) is 15.6. The molecule has 0 unspecified atom stereocenters. The summed E-state index contributed by atoms with van der Waals surface area (Å²) >= 11 is 0. The number of furan rings is 1. The fourth-order valence-electron chi connectivity index (χ4n) is 8.66. The van der Waals surface area contributed by atoms with Gasteiger partial charge in [-0.2, -0.15) is 0 Å². The predicted octanol–water partition coefficient (Wildman–Crippen LogP) is 13.8. The lowest BCUT2D eigenvalue weighted by molar-refractivity contribution is 0.669. The second-order valence-electron chi connectivity index (χ2n) is 14.8. The van der Waals surface area contributed by atoms with E-state index in [-0.39, 0.29) is 0 Å². The highest BCUT2D eigenvalue weighted by Crippen LogP contribution is 2.41. The maximum atomic E-state index is 6.58. The molecule has 5 heteroatoms. The van der Waals surface area contributed by atoms with Crippen molar-refractivity contribution in [1.82, 2.24) is 19.5 Å². The number of benzene rings is 9. The lowest BCUT2D eigenvalue weighted by Crippen LogP contribution is -2.00.